The molecule has 0 fully saturated rings. The molecular formula is C21H23N3O4S. The molecule has 0 bridgehead atoms. The van der Waals surface area contributed by atoms with Crippen LogP contribution in [0.1, 0.15) is 11.1 Å². The summed E-state index contributed by atoms with van der Waals surface area (Å²) in [5, 5.41) is 4.34. The number of methoxy groups -OCH3 is 1. The average Bonchev–Trinajstić information content (AvgIpc) is 2.71. The summed E-state index contributed by atoms with van der Waals surface area (Å²) in [6, 6.07) is 15.3. The van der Waals surface area contributed by atoms with Crippen LogP contribution in [-0.4, -0.2) is 31.9 Å². The van der Waals surface area contributed by atoms with Crippen molar-refractivity contribution in [2.24, 2.45) is 0 Å². The standard InChI is InChI=1S/C21H23N3O4S/c1-15-4-9-19(14-16(15)2)29(26,27)22-12-13-24-21(25)11-10-20(23-24)17-5-7-18(28-3)8-6-17/h4-11,14,22H,12-13H2,1-3H3. The Hall–Kier alpha value is -2.97. The number of hydrogen-bond donors (Lipinski definition) is 1. The zero-order chi connectivity index (χ0) is 21.0. The van der Waals surface area contributed by atoms with Gasteiger partial charge in [0.1, 0.15) is 5.75 Å². The highest BCUT2D eigenvalue weighted by molar-refractivity contribution is 7.89. The molecule has 0 spiro atoms. The topological polar surface area (TPSA) is 90.3 Å². The molecule has 0 atom stereocenters. The molecule has 0 aliphatic carbocycles. The molecule has 8 heteroatoms. The Morgan fingerprint density at radius 3 is 2.38 bits per heavy atom. The van der Waals surface area contributed by atoms with Crippen LogP contribution in [0, 0.1) is 13.8 Å². The lowest BCUT2D eigenvalue weighted by molar-refractivity contribution is 0.415. The summed E-state index contributed by atoms with van der Waals surface area (Å²) in [6.45, 7) is 3.96. The van der Waals surface area contributed by atoms with Crippen molar-refractivity contribution >= 4 is 10.0 Å². The largest absolute Gasteiger partial charge is 0.497 e. The SMILES string of the molecule is COc1ccc(-c2ccc(=O)n(CCNS(=O)(=O)c3ccc(C)c(C)c3)n2)cc1. The number of benzene rings is 2. The molecule has 0 aliphatic heterocycles. The molecule has 0 saturated heterocycles. The van der Waals surface area contributed by atoms with Gasteiger partial charge in [-0.25, -0.2) is 17.8 Å². The van der Waals surface area contributed by atoms with Crippen LogP contribution >= 0.6 is 0 Å². The maximum absolute atomic E-state index is 12.5. The second-order valence-electron chi connectivity index (χ2n) is 6.65. The molecule has 0 aliphatic rings. The molecule has 0 amide bonds. The molecule has 0 saturated carbocycles. The number of sulfonamides is 1. The predicted octanol–water partition coefficient (Wildman–Crippen LogP) is 2.51. The van der Waals surface area contributed by atoms with Crippen LogP contribution in [0.5, 0.6) is 5.75 Å². The first-order valence-corrected chi connectivity index (χ1v) is 10.6. The van der Waals surface area contributed by atoms with E-state index in [0.717, 1.165) is 22.4 Å². The van der Waals surface area contributed by atoms with E-state index in [9.17, 15) is 13.2 Å². The van der Waals surface area contributed by atoms with E-state index in [0.29, 0.717) is 5.69 Å². The van der Waals surface area contributed by atoms with E-state index in [-0.39, 0.29) is 23.5 Å². The van der Waals surface area contributed by atoms with Crippen molar-refractivity contribution < 1.29 is 13.2 Å². The number of rotatable bonds is 7. The van der Waals surface area contributed by atoms with Crippen molar-refractivity contribution in [1.82, 2.24) is 14.5 Å². The molecule has 0 unspecified atom stereocenters. The average molecular weight is 413 g/mol. The second kappa shape index (κ2) is 8.59. The number of aryl methyl sites for hydroxylation is 2. The summed E-state index contributed by atoms with van der Waals surface area (Å²) in [5.41, 5.74) is 3.07. The molecule has 152 valence electrons. The van der Waals surface area contributed by atoms with Crippen LogP contribution in [0.2, 0.25) is 0 Å². The first kappa shape index (κ1) is 20.8. The first-order chi connectivity index (χ1) is 13.8. The van der Waals surface area contributed by atoms with Gasteiger partial charge in [-0.05, 0) is 67.4 Å². The molecule has 1 aromatic heterocycles. The van der Waals surface area contributed by atoms with Crippen LogP contribution in [0.3, 0.4) is 0 Å². The van der Waals surface area contributed by atoms with E-state index < -0.39 is 10.0 Å². The fourth-order valence-corrected chi connectivity index (χ4v) is 3.88. The highest BCUT2D eigenvalue weighted by Gasteiger charge is 2.14. The second-order valence-corrected chi connectivity index (χ2v) is 8.42. The van der Waals surface area contributed by atoms with Crippen LogP contribution in [0.25, 0.3) is 11.3 Å². The number of hydrogen-bond acceptors (Lipinski definition) is 5. The third kappa shape index (κ3) is 4.90. The molecule has 1 N–H and O–H groups in total. The van der Waals surface area contributed by atoms with Gasteiger partial charge in [-0.2, -0.15) is 5.10 Å². The number of ether oxygens (including phenoxy) is 1. The van der Waals surface area contributed by atoms with Crippen molar-refractivity contribution in [2.45, 2.75) is 25.3 Å². The molecular weight excluding hydrogens is 390 g/mol. The third-order valence-electron chi connectivity index (χ3n) is 4.66. The lowest BCUT2D eigenvalue weighted by Crippen LogP contribution is -2.32. The fourth-order valence-electron chi connectivity index (χ4n) is 2.78. The Morgan fingerprint density at radius 1 is 1.00 bits per heavy atom. The van der Waals surface area contributed by atoms with Gasteiger partial charge in [-0.15, -0.1) is 0 Å². The van der Waals surface area contributed by atoms with Crippen molar-refractivity contribution in [3.8, 4) is 17.0 Å². The Labute approximate surface area is 170 Å². The maximum atomic E-state index is 12.5. The Kier molecular flexibility index (Phi) is 6.14. The van der Waals surface area contributed by atoms with Crippen LogP contribution in [-0.2, 0) is 16.6 Å². The maximum Gasteiger partial charge on any atom is 0.266 e. The third-order valence-corrected chi connectivity index (χ3v) is 6.12. The van der Waals surface area contributed by atoms with Crippen LogP contribution in [0.15, 0.2) is 64.3 Å². The molecule has 1 heterocycles. The van der Waals surface area contributed by atoms with Crippen LogP contribution < -0.4 is 15.0 Å². The summed E-state index contributed by atoms with van der Waals surface area (Å²) in [5.74, 6) is 0.725. The monoisotopic (exact) mass is 413 g/mol. The lowest BCUT2D eigenvalue weighted by atomic mass is 10.1. The summed E-state index contributed by atoms with van der Waals surface area (Å²) in [4.78, 5) is 12.3. The highest BCUT2D eigenvalue weighted by Crippen LogP contribution is 2.19. The normalized spacial score (nSPS) is 11.4. The van der Waals surface area contributed by atoms with Gasteiger partial charge in [0, 0.05) is 18.2 Å². The minimum Gasteiger partial charge on any atom is -0.497 e. The smallest absolute Gasteiger partial charge is 0.266 e. The fraction of sp³-hybridized carbons (Fsp3) is 0.238. The van der Waals surface area contributed by atoms with Gasteiger partial charge in [0.15, 0.2) is 0 Å². The van der Waals surface area contributed by atoms with Gasteiger partial charge in [-0.3, -0.25) is 4.79 Å². The summed E-state index contributed by atoms with van der Waals surface area (Å²) in [7, 11) is -2.07. The van der Waals surface area contributed by atoms with E-state index >= 15 is 0 Å². The first-order valence-electron chi connectivity index (χ1n) is 9.10. The number of aromatic nitrogens is 2. The van der Waals surface area contributed by atoms with E-state index in [2.05, 4.69) is 9.82 Å². The summed E-state index contributed by atoms with van der Waals surface area (Å²) >= 11 is 0. The van der Waals surface area contributed by atoms with Gasteiger partial charge in [0.25, 0.3) is 5.56 Å². The van der Waals surface area contributed by atoms with E-state index in [1.807, 2.05) is 38.1 Å². The quantitative estimate of drug-likeness (QED) is 0.643. The van der Waals surface area contributed by atoms with Gasteiger partial charge in [0.2, 0.25) is 10.0 Å². The highest BCUT2D eigenvalue weighted by atomic mass is 32.2. The van der Waals surface area contributed by atoms with Crippen molar-refractivity contribution in [3.05, 3.63) is 76.1 Å². The molecule has 2 aromatic carbocycles. The van der Waals surface area contributed by atoms with Crippen molar-refractivity contribution in [1.29, 1.82) is 0 Å². The minimum atomic E-state index is -3.66. The molecule has 3 rings (SSSR count). The number of nitrogens with one attached hydrogen (secondary N) is 1. The zero-order valence-electron chi connectivity index (χ0n) is 16.5. The van der Waals surface area contributed by atoms with E-state index in [1.54, 1.807) is 31.4 Å². The Balaban J connectivity index is 1.73. The van der Waals surface area contributed by atoms with Gasteiger partial charge >= 0.3 is 0 Å². The molecule has 7 nitrogen and oxygen atoms in total. The number of nitrogens with zero attached hydrogens (tertiary/aromatic N) is 2. The van der Waals surface area contributed by atoms with E-state index in [1.165, 1.54) is 10.7 Å². The Morgan fingerprint density at radius 2 is 1.72 bits per heavy atom. The predicted molar refractivity (Wildman–Crippen MR) is 112 cm³/mol. The van der Waals surface area contributed by atoms with Crippen LogP contribution in [0.4, 0.5) is 0 Å². The molecule has 3 aromatic rings. The van der Waals surface area contributed by atoms with E-state index in [4.69, 9.17) is 4.74 Å². The minimum absolute atomic E-state index is 0.0498. The van der Waals surface area contributed by atoms with Crippen molar-refractivity contribution in [3.63, 3.8) is 0 Å². The van der Waals surface area contributed by atoms with Gasteiger partial charge < -0.3 is 4.74 Å². The van der Waals surface area contributed by atoms with Gasteiger partial charge in [-0.1, -0.05) is 6.07 Å². The van der Waals surface area contributed by atoms with Gasteiger partial charge in [0.05, 0.1) is 24.2 Å². The Bertz CT molecular complexity index is 1170. The summed E-state index contributed by atoms with van der Waals surface area (Å²) < 4.78 is 33.9. The zero-order valence-corrected chi connectivity index (χ0v) is 17.4. The molecule has 29 heavy (non-hydrogen) atoms. The summed E-state index contributed by atoms with van der Waals surface area (Å²) in [6.07, 6.45) is 0. The molecule has 0 radical (unpaired) electrons. The van der Waals surface area contributed by atoms with Crippen molar-refractivity contribution in [2.75, 3.05) is 13.7 Å². The lowest BCUT2D eigenvalue weighted by Gasteiger charge is -2.10.